The van der Waals surface area contributed by atoms with E-state index in [9.17, 15) is 9.59 Å². The standard InChI is InChI=1S/C15H22N2O3S/c1-3-20-15(19)12-8-10(2)21-14(12)17-13(18)9-11-4-6-16-7-5-11/h8,11,16H,3-7,9H2,1-2H3,(H,17,18). The van der Waals surface area contributed by atoms with Gasteiger partial charge < -0.3 is 15.4 Å². The van der Waals surface area contributed by atoms with Crippen LogP contribution in [0, 0.1) is 12.8 Å². The zero-order valence-electron chi connectivity index (χ0n) is 12.5. The Balaban J connectivity index is 1.98. The summed E-state index contributed by atoms with van der Waals surface area (Å²) in [5, 5.41) is 6.77. The van der Waals surface area contributed by atoms with E-state index in [2.05, 4.69) is 10.6 Å². The van der Waals surface area contributed by atoms with Crippen molar-refractivity contribution >= 4 is 28.2 Å². The number of hydrogen-bond donors (Lipinski definition) is 2. The van der Waals surface area contributed by atoms with Crippen molar-refractivity contribution in [1.82, 2.24) is 5.32 Å². The number of ether oxygens (including phenoxy) is 1. The molecule has 0 bridgehead atoms. The van der Waals surface area contributed by atoms with Crippen LogP contribution in [-0.4, -0.2) is 31.6 Å². The van der Waals surface area contributed by atoms with Crippen molar-refractivity contribution in [3.63, 3.8) is 0 Å². The second kappa shape index (κ2) is 7.56. The van der Waals surface area contributed by atoms with Crippen LogP contribution in [0.1, 0.15) is 41.4 Å². The van der Waals surface area contributed by atoms with Gasteiger partial charge in [0.15, 0.2) is 0 Å². The van der Waals surface area contributed by atoms with Crippen LogP contribution in [0.2, 0.25) is 0 Å². The highest BCUT2D eigenvalue weighted by Gasteiger charge is 2.20. The Labute approximate surface area is 129 Å². The van der Waals surface area contributed by atoms with E-state index in [1.165, 1.54) is 11.3 Å². The number of esters is 1. The summed E-state index contributed by atoms with van der Waals surface area (Å²) in [6.45, 7) is 5.97. The monoisotopic (exact) mass is 310 g/mol. The number of hydrogen-bond acceptors (Lipinski definition) is 5. The zero-order chi connectivity index (χ0) is 15.2. The van der Waals surface area contributed by atoms with Gasteiger partial charge in [-0.15, -0.1) is 11.3 Å². The SMILES string of the molecule is CCOC(=O)c1cc(C)sc1NC(=O)CC1CCNCC1. The summed E-state index contributed by atoms with van der Waals surface area (Å²) in [5.74, 6) is 0.0340. The summed E-state index contributed by atoms with van der Waals surface area (Å²) in [6.07, 6.45) is 2.57. The average Bonchev–Trinajstić information content (AvgIpc) is 2.81. The second-order valence-corrected chi connectivity index (χ2v) is 6.52. The molecule has 2 heterocycles. The van der Waals surface area contributed by atoms with Crippen LogP contribution in [0.4, 0.5) is 5.00 Å². The molecule has 2 rings (SSSR count). The molecule has 5 nitrogen and oxygen atoms in total. The van der Waals surface area contributed by atoms with Crippen LogP contribution in [0.3, 0.4) is 0 Å². The molecule has 0 spiro atoms. The van der Waals surface area contributed by atoms with Gasteiger partial charge in [0.1, 0.15) is 5.00 Å². The lowest BCUT2D eigenvalue weighted by atomic mass is 9.94. The van der Waals surface area contributed by atoms with Crippen LogP contribution in [-0.2, 0) is 9.53 Å². The predicted molar refractivity (Wildman–Crippen MR) is 83.9 cm³/mol. The largest absolute Gasteiger partial charge is 0.462 e. The van der Waals surface area contributed by atoms with Gasteiger partial charge in [-0.1, -0.05) is 0 Å². The number of carbonyl (C=O) groups is 2. The van der Waals surface area contributed by atoms with Crippen LogP contribution >= 0.6 is 11.3 Å². The van der Waals surface area contributed by atoms with Gasteiger partial charge >= 0.3 is 5.97 Å². The molecule has 0 atom stereocenters. The van der Waals surface area contributed by atoms with Gasteiger partial charge in [-0.2, -0.15) is 0 Å². The molecule has 2 N–H and O–H groups in total. The molecule has 0 aliphatic carbocycles. The lowest BCUT2D eigenvalue weighted by Gasteiger charge is -2.21. The van der Waals surface area contributed by atoms with Gasteiger partial charge in [-0.3, -0.25) is 4.79 Å². The molecule has 0 aromatic carbocycles. The Morgan fingerprint density at radius 3 is 2.81 bits per heavy atom. The Hall–Kier alpha value is -1.40. The second-order valence-electron chi connectivity index (χ2n) is 5.27. The van der Waals surface area contributed by atoms with E-state index >= 15 is 0 Å². The zero-order valence-corrected chi connectivity index (χ0v) is 13.3. The highest BCUT2D eigenvalue weighted by Crippen LogP contribution is 2.29. The smallest absolute Gasteiger partial charge is 0.341 e. The Morgan fingerprint density at radius 2 is 2.14 bits per heavy atom. The van der Waals surface area contributed by atoms with Gasteiger partial charge in [0.05, 0.1) is 12.2 Å². The third kappa shape index (κ3) is 4.54. The lowest BCUT2D eigenvalue weighted by Crippen LogP contribution is -2.30. The highest BCUT2D eigenvalue weighted by atomic mass is 32.1. The summed E-state index contributed by atoms with van der Waals surface area (Å²) in [7, 11) is 0. The minimum absolute atomic E-state index is 0.0192. The van der Waals surface area contributed by atoms with Crippen molar-refractivity contribution in [3.05, 3.63) is 16.5 Å². The first kappa shape index (κ1) is 16.0. The third-order valence-electron chi connectivity index (χ3n) is 3.54. The molecule has 1 amide bonds. The minimum Gasteiger partial charge on any atom is -0.462 e. The van der Waals surface area contributed by atoms with E-state index < -0.39 is 0 Å². The van der Waals surface area contributed by atoms with Crippen molar-refractivity contribution in [2.75, 3.05) is 25.0 Å². The highest BCUT2D eigenvalue weighted by molar-refractivity contribution is 7.16. The molecule has 0 unspecified atom stereocenters. The van der Waals surface area contributed by atoms with Gasteiger partial charge in [-0.05, 0) is 51.8 Å². The summed E-state index contributed by atoms with van der Waals surface area (Å²) < 4.78 is 5.02. The fourth-order valence-electron chi connectivity index (χ4n) is 2.49. The first-order valence-corrected chi connectivity index (χ1v) is 8.20. The van der Waals surface area contributed by atoms with Crippen molar-refractivity contribution in [1.29, 1.82) is 0 Å². The Bertz CT molecular complexity index is 507. The number of anilines is 1. The number of nitrogens with one attached hydrogen (secondary N) is 2. The molecule has 1 aliphatic rings. The van der Waals surface area contributed by atoms with Gasteiger partial charge in [0, 0.05) is 11.3 Å². The molecular formula is C15H22N2O3S. The molecule has 6 heteroatoms. The van der Waals surface area contributed by atoms with Crippen LogP contribution in [0.5, 0.6) is 0 Å². The predicted octanol–water partition coefficient (Wildman–Crippen LogP) is 2.56. The maximum Gasteiger partial charge on any atom is 0.341 e. The topological polar surface area (TPSA) is 67.4 Å². The van der Waals surface area contributed by atoms with E-state index in [1.807, 2.05) is 6.92 Å². The van der Waals surface area contributed by atoms with Gasteiger partial charge in [0.25, 0.3) is 0 Å². The number of aryl methyl sites for hydroxylation is 1. The normalized spacial score (nSPS) is 15.7. The quantitative estimate of drug-likeness (QED) is 0.820. The number of carbonyl (C=O) groups excluding carboxylic acids is 2. The molecule has 21 heavy (non-hydrogen) atoms. The van der Waals surface area contributed by atoms with E-state index in [4.69, 9.17) is 4.74 Å². The van der Waals surface area contributed by atoms with Crippen molar-refractivity contribution in [2.45, 2.75) is 33.1 Å². The summed E-state index contributed by atoms with van der Waals surface area (Å²) in [4.78, 5) is 25.0. The average molecular weight is 310 g/mol. The van der Waals surface area contributed by atoms with Gasteiger partial charge in [-0.25, -0.2) is 4.79 Å². The molecule has 0 radical (unpaired) electrons. The molecule has 1 aromatic heterocycles. The molecule has 116 valence electrons. The molecule has 1 fully saturated rings. The summed E-state index contributed by atoms with van der Waals surface area (Å²) in [5.41, 5.74) is 0.456. The molecular weight excluding hydrogens is 288 g/mol. The molecule has 1 aliphatic heterocycles. The first-order valence-electron chi connectivity index (χ1n) is 7.38. The van der Waals surface area contributed by atoms with E-state index in [-0.39, 0.29) is 11.9 Å². The fourth-order valence-corrected chi connectivity index (χ4v) is 3.41. The number of rotatable bonds is 5. The minimum atomic E-state index is -0.376. The molecule has 0 saturated carbocycles. The lowest BCUT2D eigenvalue weighted by molar-refractivity contribution is -0.117. The molecule has 1 aromatic rings. The Kier molecular flexibility index (Phi) is 5.76. The van der Waals surface area contributed by atoms with Crippen LogP contribution < -0.4 is 10.6 Å². The van der Waals surface area contributed by atoms with Crippen molar-refractivity contribution in [2.24, 2.45) is 5.92 Å². The van der Waals surface area contributed by atoms with Crippen molar-refractivity contribution in [3.8, 4) is 0 Å². The van der Waals surface area contributed by atoms with E-state index in [0.29, 0.717) is 29.5 Å². The fraction of sp³-hybridized carbons (Fsp3) is 0.600. The molecule has 1 saturated heterocycles. The van der Waals surface area contributed by atoms with Crippen LogP contribution in [0.25, 0.3) is 0 Å². The van der Waals surface area contributed by atoms with E-state index in [0.717, 1.165) is 30.8 Å². The first-order chi connectivity index (χ1) is 10.1. The summed E-state index contributed by atoms with van der Waals surface area (Å²) >= 11 is 1.41. The van der Waals surface area contributed by atoms with Crippen LogP contribution in [0.15, 0.2) is 6.07 Å². The maximum absolute atomic E-state index is 12.1. The van der Waals surface area contributed by atoms with Crippen molar-refractivity contribution < 1.29 is 14.3 Å². The number of thiophene rings is 1. The van der Waals surface area contributed by atoms with E-state index in [1.54, 1.807) is 13.0 Å². The van der Waals surface area contributed by atoms with Gasteiger partial charge in [0.2, 0.25) is 5.91 Å². The summed E-state index contributed by atoms with van der Waals surface area (Å²) in [6, 6.07) is 1.77. The number of piperidine rings is 1. The Morgan fingerprint density at radius 1 is 1.43 bits per heavy atom. The maximum atomic E-state index is 12.1. The number of amides is 1. The third-order valence-corrected chi connectivity index (χ3v) is 4.50.